The summed E-state index contributed by atoms with van der Waals surface area (Å²) in [7, 11) is 0. The minimum absolute atomic E-state index is 0.200. The van der Waals surface area contributed by atoms with E-state index in [1.165, 1.54) is 11.1 Å². The normalized spacial score (nSPS) is 31.2. The van der Waals surface area contributed by atoms with E-state index in [1.54, 1.807) is 12.1 Å². The first kappa shape index (κ1) is 16.6. The molecule has 25 heavy (non-hydrogen) atoms. The van der Waals surface area contributed by atoms with E-state index in [0.717, 1.165) is 31.2 Å². The van der Waals surface area contributed by atoms with Gasteiger partial charge in [0.15, 0.2) is 0 Å². The van der Waals surface area contributed by atoms with Crippen molar-refractivity contribution < 1.29 is 9.90 Å². The summed E-state index contributed by atoms with van der Waals surface area (Å²) in [5, 5.41) is 13.2. The Morgan fingerprint density at radius 1 is 1.16 bits per heavy atom. The van der Waals surface area contributed by atoms with Gasteiger partial charge in [-0.05, 0) is 54.5 Å². The molecule has 2 unspecified atom stereocenters. The molecule has 0 bridgehead atoms. The van der Waals surface area contributed by atoms with Crippen LogP contribution in [0.15, 0.2) is 59.7 Å². The smallest absolute Gasteiger partial charge is 0.335 e. The third-order valence-electron chi connectivity index (χ3n) is 5.61. The van der Waals surface area contributed by atoms with Crippen molar-refractivity contribution in [2.24, 2.45) is 5.92 Å². The molecule has 1 aromatic rings. The Hall–Kier alpha value is -1.84. The van der Waals surface area contributed by atoms with Gasteiger partial charge in [0.2, 0.25) is 0 Å². The van der Waals surface area contributed by atoms with Gasteiger partial charge in [0.1, 0.15) is 0 Å². The minimum Gasteiger partial charge on any atom is -0.478 e. The second-order valence-corrected chi connectivity index (χ2v) is 7.73. The fourth-order valence-corrected chi connectivity index (χ4v) is 4.67. The molecule has 2 N–H and O–H groups in total. The summed E-state index contributed by atoms with van der Waals surface area (Å²) in [5.41, 5.74) is 4.38. The second kappa shape index (κ2) is 6.81. The van der Waals surface area contributed by atoms with Crippen LogP contribution >= 0.6 is 11.6 Å². The first-order valence-corrected chi connectivity index (χ1v) is 9.36. The third-order valence-corrected chi connectivity index (χ3v) is 5.99. The lowest BCUT2D eigenvalue weighted by atomic mass is 9.73. The van der Waals surface area contributed by atoms with Gasteiger partial charge in [0.25, 0.3) is 0 Å². The van der Waals surface area contributed by atoms with Crippen molar-refractivity contribution in [3.63, 3.8) is 0 Å². The maximum Gasteiger partial charge on any atom is 0.335 e. The quantitative estimate of drug-likeness (QED) is 0.761. The Kier molecular flexibility index (Phi) is 4.53. The molecule has 4 heteroatoms. The van der Waals surface area contributed by atoms with Crippen LogP contribution in [-0.2, 0) is 0 Å². The molecule has 3 nitrogen and oxygen atoms in total. The fraction of sp³-hybridized carbons (Fsp3) is 0.381. The average Bonchev–Trinajstić information content (AvgIpc) is 2.87. The van der Waals surface area contributed by atoms with E-state index in [2.05, 4.69) is 29.6 Å². The van der Waals surface area contributed by atoms with Gasteiger partial charge in [0, 0.05) is 23.4 Å². The van der Waals surface area contributed by atoms with E-state index in [1.807, 2.05) is 12.1 Å². The van der Waals surface area contributed by atoms with Gasteiger partial charge in [-0.3, -0.25) is 0 Å². The van der Waals surface area contributed by atoms with E-state index < -0.39 is 5.97 Å². The number of rotatable bonds is 2. The van der Waals surface area contributed by atoms with Crippen LogP contribution in [0.3, 0.4) is 0 Å². The zero-order chi connectivity index (χ0) is 17.4. The highest BCUT2D eigenvalue weighted by Crippen LogP contribution is 2.44. The predicted octanol–water partition coefficient (Wildman–Crippen LogP) is 4.62. The molecule has 0 aromatic heterocycles. The number of hydrogen-bond acceptors (Lipinski definition) is 2. The zero-order valence-corrected chi connectivity index (χ0v) is 14.7. The van der Waals surface area contributed by atoms with Crippen LogP contribution < -0.4 is 5.32 Å². The van der Waals surface area contributed by atoms with Gasteiger partial charge in [0.05, 0.1) is 5.56 Å². The van der Waals surface area contributed by atoms with Gasteiger partial charge < -0.3 is 10.4 Å². The molecule has 2 aliphatic carbocycles. The number of allylic oxidation sites excluding steroid dienone is 4. The summed E-state index contributed by atoms with van der Waals surface area (Å²) in [6.07, 6.45) is 12.8. The highest BCUT2D eigenvalue weighted by Gasteiger charge is 2.38. The molecule has 4 atom stereocenters. The Morgan fingerprint density at radius 3 is 2.72 bits per heavy atom. The molecule has 130 valence electrons. The molecular weight excluding hydrogens is 334 g/mol. The molecular formula is C21H22ClNO2. The third kappa shape index (κ3) is 3.19. The first-order chi connectivity index (χ1) is 12.1. The van der Waals surface area contributed by atoms with Crippen LogP contribution in [0.4, 0.5) is 0 Å². The number of alkyl halides is 1. The number of hydrogen-bond donors (Lipinski definition) is 2. The first-order valence-electron chi connectivity index (χ1n) is 8.93. The summed E-state index contributed by atoms with van der Waals surface area (Å²) in [5.74, 6) is -0.523. The maximum absolute atomic E-state index is 11.1. The molecule has 1 saturated carbocycles. The largest absolute Gasteiger partial charge is 0.478 e. The van der Waals surface area contributed by atoms with Gasteiger partial charge in [-0.15, -0.1) is 11.6 Å². The van der Waals surface area contributed by atoms with E-state index >= 15 is 0 Å². The van der Waals surface area contributed by atoms with Crippen molar-refractivity contribution in [2.45, 2.75) is 43.1 Å². The molecule has 0 radical (unpaired) electrons. The Balaban J connectivity index is 1.73. The summed E-state index contributed by atoms with van der Waals surface area (Å²) in [4.78, 5) is 11.1. The molecule has 4 rings (SSSR count). The molecule has 0 amide bonds. The topological polar surface area (TPSA) is 49.3 Å². The second-order valence-electron chi connectivity index (χ2n) is 7.11. The number of nitrogens with one attached hydrogen (secondary N) is 1. The lowest BCUT2D eigenvalue weighted by molar-refractivity contribution is 0.0697. The van der Waals surface area contributed by atoms with Crippen LogP contribution in [-0.4, -0.2) is 22.5 Å². The fourth-order valence-electron chi connectivity index (χ4n) is 4.38. The van der Waals surface area contributed by atoms with Gasteiger partial charge in [-0.25, -0.2) is 4.79 Å². The van der Waals surface area contributed by atoms with E-state index in [9.17, 15) is 4.79 Å². The Bertz CT molecular complexity index is 763. The SMILES string of the molecule is O=C(O)c1ccc([C@@H]2NC3CCC(Cl)CC3=C3C=CC=CC[C@@H]32)cc1. The molecule has 0 saturated heterocycles. The summed E-state index contributed by atoms with van der Waals surface area (Å²) in [6.45, 7) is 0. The minimum atomic E-state index is -0.883. The highest BCUT2D eigenvalue weighted by molar-refractivity contribution is 6.20. The van der Waals surface area contributed by atoms with E-state index in [4.69, 9.17) is 16.7 Å². The highest BCUT2D eigenvalue weighted by atomic mass is 35.5. The Morgan fingerprint density at radius 2 is 1.96 bits per heavy atom. The van der Waals surface area contributed by atoms with Crippen molar-refractivity contribution in [2.75, 3.05) is 0 Å². The maximum atomic E-state index is 11.1. The van der Waals surface area contributed by atoms with Crippen LogP contribution in [0.2, 0.25) is 0 Å². The number of halogens is 1. The lowest BCUT2D eigenvalue weighted by Gasteiger charge is -2.43. The predicted molar refractivity (Wildman–Crippen MR) is 100.0 cm³/mol. The summed E-state index contributed by atoms with van der Waals surface area (Å²) >= 11 is 6.45. The molecule has 1 aromatic carbocycles. The van der Waals surface area contributed by atoms with Crippen LogP contribution in [0.25, 0.3) is 0 Å². The number of benzene rings is 1. The van der Waals surface area contributed by atoms with Crippen molar-refractivity contribution in [1.82, 2.24) is 5.32 Å². The number of carboxylic acids is 1. The number of carbonyl (C=O) groups is 1. The number of fused-ring (bicyclic) bond motifs is 2. The molecule has 1 fully saturated rings. The van der Waals surface area contributed by atoms with Crippen molar-refractivity contribution in [3.8, 4) is 0 Å². The van der Waals surface area contributed by atoms with Crippen LogP contribution in [0, 0.1) is 5.92 Å². The van der Waals surface area contributed by atoms with Crippen LogP contribution in [0.1, 0.15) is 47.6 Å². The lowest BCUT2D eigenvalue weighted by Crippen LogP contribution is -2.46. The molecule has 1 heterocycles. The molecule has 0 spiro atoms. The van der Waals surface area contributed by atoms with Crippen molar-refractivity contribution in [3.05, 3.63) is 70.8 Å². The van der Waals surface area contributed by atoms with Crippen LogP contribution in [0.5, 0.6) is 0 Å². The molecule has 3 aliphatic rings. The van der Waals surface area contributed by atoms with Gasteiger partial charge in [-0.2, -0.15) is 0 Å². The molecule has 1 aliphatic heterocycles. The zero-order valence-electron chi connectivity index (χ0n) is 14.0. The van der Waals surface area contributed by atoms with Crippen molar-refractivity contribution >= 4 is 17.6 Å². The Labute approximate surface area is 153 Å². The van der Waals surface area contributed by atoms with Gasteiger partial charge in [-0.1, -0.05) is 36.4 Å². The number of carboxylic acid groups (broad SMARTS) is 1. The monoisotopic (exact) mass is 355 g/mol. The van der Waals surface area contributed by atoms with Gasteiger partial charge >= 0.3 is 5.97 Å². The van der Waals surface area contributed by atoms with E-state index in [0.29, 0.717) is 17.5 Å². The average molecular weight is 356 g/mol. The summed E-state index contributed by atoms with van der Waals surface area (Å²) < 4.78 is 0. The standard InChI is InChI=1S/C21H22ClNO2/c22-15-10-11-19-18(12-15)16-4-2-1-3-5-17(16)20(23-19)13-6-8-14(9-7-13)21(24)25/h1-4,6-9,15,17,19-20,23H,5,10-12H2,(H,24,25)/t15?,17-,19?,20-/m0/s1. The van der Waals surface area contributed by atoms with E-state index in [-0.39, 0.29) is 11.4 Å². The summed E-state index contributed by atoms with van der Waals surface area (Å²) in [6, 6.07) is 7.89. The van der Waals surface area contributed by atoms with Crippen molar-refractivity contribution in [1.29, 1.82) is 0 Å². The number of aromatic carboxylic acids is 1.